The second-order valence-electron chi connectivity index (χ2n) is 3.00. The predicted octanol–water partition coefficient (Wildman–Crippen LogP) is 1.66. The summed E-state index contributed by atoms with van der Waals surface area (Å²) < 4.78 is 0. The first-order valence-electron chi connectivity index (χ1n) is 3.82. The number of allylic oxidation sites excluding steroid dienone is 1. The molecule has 1 aliphatic carbocycles. The highest BCUT2D eigenvalue weighted by Gasteiger charge is 2.25. The van der Waals surface area contributed by atoms with Gasteiger partial charge in [0, 0.05) is 5.92 Å². The van der Waals surface area contributed by atoms with Crippen LogP contribution in [0.3, 0.4) is 0 Å². The van der Waals surface area contributed by atoms with Crippen LogP contribution in [0.1, 0.15) is 26.2 Å². The monoisotopic (exact) mass is 135 g/mol. The predicted molar refractivity (Wildman–Crippen MR) is 40.7 cm³/mol. The van der Waals surface area contributed by atoms with Gasteiger partial charge < -0.3 is 0 Å². The zero-order valence-electron chi connectivity index (χ0n) is 6.17. The lowest BCUT2D eigenvalue weighted by Crippen LogP contribution is -2.25. The Hall–Kier alpha value is -0.790. The van der Waals surface area contributed by atoms with E-state index < -0.39 is 0 Å². The van der Waals surface area contributed by atoms with Crippen molar-refractivity contribution >= 4 is 5.84 Å². The van der Waals surface area contributed by atoms with E-state index in [0.717, 1.165) is 11.5 Å². The van der Waals surface area contributed by atoms with Gasteiger partial charge in [0.25, 0.3) is 0 Å². The third-order valence-electron chi connectivity index (χ3n) is 2.14. The molecule has 1 saturated carbocycles. The molecule has 0 atom stereocenters. The number of nitrogens with zero attached hydrogens (tertiary/aromatic N) is 2. The summed E-state index contributed by atoms with van der Waals surface area (Å²) in [7, 11) is 0. The molecule has 0 spiro atoms. The van der Waals surface area contributed by atoms with Crippen LogP contribution >= 0.6 is 0 Å². The third kappa shape index (κ3) is 0.838. The molecule has 1 aliphatic heterocycles. The van der Waals surface area contributed by atoms with Crippen LogP contribution in [0.5, 0.6) is 0 Å². The van der Waals surface area contributed by atoms with E-state index in [0.29, 0.717) is 5.92 Å². The van der Waals surface area contributed by atoms with E-state index in [1.54, 1.807) is 0 Å². The lowest BCUT2D eigenvalue weighted by Gasteiger charge is -2.23. The molecular formula is C8H11N2. The van der Waals surface area contributed by atoms with Crippen molar-refractivity contribution in [2.45, 2.75) is 26.2 Å². The van der Waals surface area contributed by atoms with Crippen molar-refractivity contribution in [3.63, 3.8) is 0 Å². The van der Waals surface area contributed by atoms with Gasteiger partial charge >= 0.3 is 0 Å². The van der Waals surface area contributed by atoms with Crippen LogP contribution in [-0.4, -0.2) is 5.84 Å². The van der Waals surface area contributed by atoms with Crippen LogP contribution in [0.4, 0.5) is 0 Å². The minimum atomic E-state index is 0.689. The summed E-state index contributed by atoms with van der Waals surface area (Å²) in [5.41, 5.74) is 1.06. The molecule has 2 aliphatic rings. The maximum absolute atomic E-state index is 4.32. The Labute approximate surface area is 61.0 Å². The molecule has 0 unspecified atom stereocenters. The summed E-state index contributed by atoms with van der Waals surface area (Å²) in [6, 6.07) is 0. The van der Waals surface area contributed by atoms with Crippen LogP contribution in [0.25, 0.3) is 0 Å². The standard InChI is InChI=1S/C8H11N2/c1-6-5-9-8(10-6)7-3-2-4-7/h5,7H,2-4H2,1H3. The van der Waals surface area contributed by atoms with Crippen LogP contribution in [0.15, 0.2) is 16.9 Å². The zero-order chi connectivity index (χ0) is 6.97. The molecule has 2 rings (SSSR count). The molecule has 2 nitrogen and oxygen atoms in total. The van der Waals surface area contributed by atoms with Gasteiger partial charge in [0.1, 0.15) is 5.84 Å². The van der Waals surface area contributed by atoms with Crippen molar-refractivity contribution < 1.29 is 0 Å². The SMILES string of the molecule is CC1=C[N]C(C2CCC2)=N1. The van der Waals surface area contributed by atoms with E-state index in [4.69, 9.17) is 0 Å². The van der Waals surface area contributed by atoms with Crippen molar-refractivity contribution in [3.05, 3.63) is 11.9 Å². The van der Waals surface area contributed by atoms with Gasteiger partial charge in [0.15, 0.2) is 0 Å². The summed E-state index contributed by atoms with van der Waals surface area (Å²) in [6.07, 6.45) is 5.80. The molecule has 53 valence electrons. The Morgan fingerprint density at radius 1 is 1.50 bits per heavy atom. The topological polar surface area (TPSA) is 26.5 Å². The Morgan fingerprint density at radius 3 is 2.70 bits per heavy atom. The molecule has 2 heteroatoms. The quantitative estimate of drug-likeness (QED) is 0.523. The van der Waals surface area contributed by atoms with E-state index >= 15 is 0 Å². The van der Waals surface area contributed by atoms with Crippen molar-refractivity contribution in [2.24, 2.45) is 10.9 Å². The Morgan fingerprint density at radius 2 is 2.30 bits per heavy atom. The molecule has 0 aromatic rings. The summed E-state index contributed by atoms with van der Waals surface area (Å²) in [5.74, 6) is 1.76. The van der Waals surface area contributed by atoms with Gasteiger partial charge in [-0.05, 0) is 19.8 Å². The normalized spacial score (nSPS) is 24.9. The first-order valence-corrected chi connectivity index (χ1v) is 3.82. The third-order valence-corrected chi connectivity index (χ3v) is 2.14. The number of amidine groups is 1. The highest BCUT2D eigenvalue weighted by Crippen LogP contribution is 2.29. The zero-order valence-corrected chi connectivity index (χ0v) is 6.17. The van der Waals surface area contributed by atoms with E-state index in [-0.39, 0.29) is 0 Å². The molecule has 1 fully saturated rings. The van der Waals surface area contributed by atoms with Crippen LogP contribution in [0.2, 0.25) is 0 Å². The van der Waals surface area contributed by atoms with Crippen LogP contribution in [-0.2, 0) is 0 Å². The van der Waals surface area contributed by atoms with Gasteiger partial charge in [-0.15, -0.1) is 0 Å². The highest BCUT2D eigenvalue weighted by atomic mass is 15.0. The van der Waals surface area contributed by atoms with Crippen molar-refractivity contribution in [3.8, 4) is 0 Å². The summed E-state index contributed by atoms with van der Waals surface area (Å²) in [5, 5.41) is 4.23. The fraction of sp³-hybridized carbons (Fsp3) is 0.625. The molecule has 1 radical (unpaired) electrons. The van der Waals surface area contributed by atoms with Crippen LogP contribution in [0, 0.1) is 5.92 Å². The second kappa shape index (κ2) is 2.11. The molecule has 1 heterocycles. The first-order chi connectivity index (χ1) is 4.86. The van der Waals surface area contributed by atoms with Gasteiger partial charge in [-0.3, -0.25) is 0 Å². The minimum absolute atomic E-state index is 0.689. The molecule has 0 aromatic carbocycles. The fourth-order valence-electron chi connectivity index (χ4n) is 1.26. The lowest BCUT2D eigenvalue weighted by molar-refractivity contribution is 0.408. The molecular weight excluding hydrogens is 124 g/mol. The van der Waals surface area contributed by atoms with E-state index in [1.807, 2.05) is 13.1 Å². The number of rotatable bonds is 1. The molecule has 0 aromatic heterocycles. The maximum Gasteiger partial charge on any atom is 0.131 e. The van der Waals surface area contributed by atoms with Crippen molar-refractivity contribution in [1.82, 2.24) is 5.32 Å². The molecule has 0 amide bonds. The summed E-state index contributed by atoms with van der Waals surface area (Å²) in [4.78, 5) is 4.32. The van der Waals surface area contributed by atoms with Gasteiger partial charge in [-0.25, -0.2) is 10.3 Å². The molecule has 0 N–H and O–H groups in total. The van der Waals surface area contributed by atoms with Gasteiger partial charge in [0.2, 0.25) is 0 Å². The number of aliphatic imine (C=N–C) groups is 1. The Bertz CT molecular complexity index is 199. The highest BCUT2D eigenvalue weighted by molar-refractivity contribution is 5.88. The van der Waals surface area contributed by atoms with E-state index in [2.05, 4.69) is 10.3 Å². The maximum atomic E-state index is 4.32. The van der Waals surface area contributed by atoms with Gasteiger partial charge in [-0.1, -0.05) is 6.42 Å². The molecule has 0 bridgehead atoms. The number of hydrogen-bond donors (Lipinski definition) is 0. The Kier molecular flexibility index (Phi) is 1.26. The minimum Gasteiger partial charge on any atom is -0.239 e. The summed E-state index contributed by atoms with van der Waals surface area (Å²) >= 11 is 0. The second-order valence-corrected chi connectivity index (χ2v) is 3.00. The van der Waals surface area contributed by atoms with Crippen molar-refractivity contribution in [2.75, 3.05) is 0 Å². The van der Waals surface area contributed by atoms with Crippen molar-refractivity contribution in [1.29, 1.82) is 0 Å². The number of hydrogen-bond acceptors (Lipinski definition) is 1. The molecule has 10 heavy (non-hydrogen) atoms. The average Bonchev–Trinajstić information content (AvgIpc) is 2.10. The average molecular weight is 135 g/mol. The van der Waals surface area contributed by atoms with Gasteiger partial charge in [0.05, 0.1) is 11.9 Å². The van der Waals surface area contributed by atoms with Gasteiger partial charge in [-0.2, -0.15) is 0 Å². The first kappa shape index (κ1) is 5.96. The fourth-order valence-corrected chi connectivity index (χ4v) is 1.26. The molecule has 0 saturated heterocycles. The van der Waals surface area contributed by atoms with Crippen LogP contribution < -0.4 is 5.32 Å². The van der Waals surface area contributed by atoms with E-state index in [9.17, 15) is 0 Å². The smallest absolute Gasteiger partial charge is 0.131 e. The lowest BCUT2D eigenvalue weighted by atomic mass is 9.84. The van der Waals surface area contributed by atoms with E-state index in [1.165, 1.54) is 19.3 Å². The summed E-state index contributed by atoms with van der Waals surface area (Å²) in [6.45, 7) is 2.00. The largest absolute Gasteiger partial charge is 0.239 e. The Balaban J connectivity index is 2.02.